The molecule has 12 heteroatoms. The van der Waals surface area contributed by atoms with Gasteiger partial charge in [0.15, 0.2) is 0 Å². The Hall–Kier alpha value is -4.55. The molecule has 4 aromatic rings. The molecule has 1 N–H and O–H groups in total. The first-order valence-electron chi connectivity index (χ1n) is 18.3. The number of amides is 1. The first kappa shape index (κ1) is 39.7. The van der Waals surface area contributed by atoms with Gasteiger partial charge in [-0.3, -0.25) is 4.90 Å². The summed E-state index contributed by atoms with van der Waals surface area (Å²) in [6.07, 6.45) is 2.08. The lowest BCUT2D eigenvalue weighted by Crippen LogP contribution is -2.48. The Morgan fingerprint density at radius 1 is 0.943 bits per heavy atom. The minimum Gasteiger partial charge on any atom is -0.492 e. The Morgan fingerprint density at radius 3 is 2.38 bits per heavy atom. The second-order valence-corrected chi connectivity index (χ2v) is 14.0. The van der Waals surface area contributed by atoms with E-state index in [-0.39, 0.29) is 50.3 Å². The molecule has 286 valence electrons. The van der Waals surface area contributed by atoms with Crippen LogP contribution in [0.2, 0.25) is 0 Å². The summed E-state index contributed by atoms with van der Waals surface area (Å²) in [4.78, 5) is 31.3. The molecule has 0 unspecified atom stereocenters. The van der Waals surface area contributed by atoms with Gasteiger partial charge in [-0.25, -0.2) is 22.8 Å². The van der Waals surface area contributed by atoms with Gasteiger partial charge < -0.3 is 28.8 Å². The molecule has 0 aliphatic carbocycles. The lowest BCUT2D eigenvalue weighted by Gasteiger charge is -2.43. The van der Waals surface area contributed by atoms with Crippen molar-refractivity contribution in [1.29, 1.82) is 0 Å². The second-order valence-electron chi connectivity index (χ2n) is 14.0. The number of hydrogen-bond acceptors (Lipinski definition) is 7. The predicted molar refractivity (Wildman–Crippen MR) is 197 cm³/mol. The Bertz CT molecular complexity index is 1790. The van der Waals surface area contributed by atoms with Crippen molar-refractivity contribution in [3.63, 3.8) is 0 Å². The van der Waals surface area contributed by atoms with Gasteiger partial charge in [-0.1, -0.05) is 48.5 Å². The van der Waals surface area contributed by atoms with Crippen LogP contribution in [0.5, 0.6) is 5.75 Å². The number of ether oxygens (including phenoxy) is 4. The van der Waals surface area contributed by atoms with Crippen LogP contribution in [0.1, 0.15) is 75.4 Å². The van der Waals surface area contributed by atoms with E-state index in [1.54, 1.807) is 6.92 Å². The largest absolute Gasteiger partial charge is 0.492 e. The molecule has 1 aliphatic heterocycles. The summed E-state index contributed by atoms with van der Waals surface area (Å²) < 4.78 is 69.1. The van der Waals surface area contributed by atoms with E-state index in [1.165, 1.54) is 18.7 Å². The summed E-state index contributed by atoms with van der Waals surface area (Å²) in [7, 11) is 0. The molecule has 0 saturated heterocycles. The topological polar surface area (TPSA) is 93.3 Å². The summed E-state index contributed by atoms with van der Waals surface area (Å²) in [5.41, 5.74) is 1.51. The Labute approximate surface area is 309 Å². The maximum absolute atomic E-state index is 16.2. The standard InChI is InChI=1S/C41H50F3N3O6/c1-5-51-36(48)26-50-20-13-7-12-18-46(40(49)53-25-29-14-8-6-9-15-29)19-21-52-30-23-33(42)37(34(43)24-30)39-38-32(31-16-10-11-17-35(31)45-38)22-28(2)47(39)27-41(3,4)44/h6,8-11,14-17,23-24,28,39,45H,5,7,12-13,18-22,25-27H2,1-4H3/t28-,39-/m1/s1. The van der Waals surface area contributed by atoms with Crippen LogP contribution < -0.4 is 4.74 Å². The highest BCUT2D eigenvalue weighted by atomic mass is 19.1. The van der Waals surface area contributed by atoms with Gasteiger partial charge in [-0.05, 0) is 70.6 Å². The van der Waals surface area contributed by atoms with Gasteiger partial charge >= 0.3 is 12.1 Å². The molecule has 2 atom stereocenters. The number of fused-ring (bicyclic) bond motifs is 3. The smallest absolute Gasteiger partial charge is 0.410 e. The number of rotatable bonds is 18. The average molecular weight is 738 g/mol. The maximum atomic E-state index is 16.2. The van der Waals surface area contributed by atoms with Crippen molar-refractivity contribution < 1.29 is 41.7 Å². The minimum absolute atomic E-state index is 0.0262. The number of esters is 1. The Balaban J connectivity index is 1.27. The van der Waals surface area contributed by atoms with Crippen LogP contribution in [0.15, 0.2) is 66.7 Å². The van der Waals surface area contributed by atoms with E-state index in [9.17, 15) is 9.59 Å². The number of alkyl halides is 1. The number of hydrogen-bond donors (Lipinski definition) is 1. The summed E-state index contributed by atoms with van der Waals surface area (Å²) in [5, 5.41) is 0.980. The van der Waals surface area contributed by atoms with Crippen molar-refractivity contribution >= 4 is 23.0 Å². The van der Waals surface area contributed by atoms with E-state index < -0.39 is 35.4 Å². The third kappa shape index (κ3) is 10.8. The zero-order valence-electron chi connectivity index (χ0n) is 31.0. The van der Waals surface area contributed by atoms with Gasteiger partial charge in [-0.15, -0.1) is 0 Å². The predicted octanol–water partition coefficient (Wildman–Crippen LogP) is 8.30. The highest BCUT2D eigenvalue weighted by Gasteiger charge is 2.41. The van der Waals surface area contributed by atoms with Crippen LogP contribution in [-0.2, 0) is 32.0 Å². The molecule has 5 rings (SSSR count). The number of aromatic nitrogens is 1. The van der Waals surface area contributed by atoms with Crippen LogP contribution in [0.25, 0.3) is 10.9 Å². The van der Waals surface area contributed by atoms with Gasteiger partial charge in [0, 0.05) is 60.0 Å². The molecule has 0 fully saturated rings. The van der Waals surface area contributed by atoms with Gasteiger partial charge in [0.2, 0.25) is 0 Å². The number of aromatic amines is 1. The summed E-state index contributed by atoms with van der Waals surface area (Å²) >= 11 is 0. The van der Waals surface area contributed by atoms with Gasteiger partial charge in [0.1, 0.15) is 42.9 Å². The summed E-state index contributed by atoms with van der Waals surface area (Å²) in [6.45, 7) is 7.64. The van der Waals surface area contributed by atoms with E-state index in [4.69, 9.17) is 18.9 Å². The molecule has 0 saturated carbocycles. The normalized spacial score (nSPS) is 16.0. The number of carbonyl (C=O) groups excluding carboxylic acids is 2. The van der Waals surface area contributed by atoms with Crippen molar-refractivity contribution in [3.05, 3.63) is 101 Å². The highest BCUT2D eigenvalue weighted by Crippen LogP contribution is 2.43. The molecule has 1 aliphatic rings. The molecule has 1 aromatic heterocycles. The van der Waals surface area contributed by atoms with Crippen LogP contribution in [0, 0.1) is 11.6 Å². The van der Waals surface area contributed by atoms with Gasteiger partial charge in [0.25, 0.3) is 0 Å². The second kappa shape index (κ2) is 18.5. The highest BCUT2D eigenvalue weighted by molar-refractivity contribution is 5.85. The number of H-pyrrole nitrogens is 1. The number of halogens is 3. The van der Waals surface area contributed by atoms with E-state index in [1.807, 2.05) is 66.4 Å². The molecule has 0 bridgehead atoms. The van der Waals surface area contributed by atoms with E-state index in [0.29, 0.717) is 44.7 Å². The third-order valence-corrected chi connectivity index (χ3v) is 9.24. The molecule has 1 amide bonds. The Kier molecular flexibility index (Phi) is 13.8. The molecule has 2 heterocycles. The fraction of sp³-hybridized carbons (Fsp3) is 0.463. The van der Waals surface area contributed by atoms with Crippen LogP contribution in [0.4, 0.5) is 18.0 Å². The van der Waals surface area contributed by atoms with Crippen LogP contribution in [-0.4, -0.2) is 84.6 Å². The number of benzene rings is 3. The SMILES string of the molecule is CCOC(=O)COCCCCCN(CCOc1cc(F)c([C@@H]2c3[nH]c4ccccc4c3C[C@@H](C)N2CC(C)(C)F)c(F)c1)C(=O)OCc1ccccc1. The van der Waals surface area contributed by atoms with Crippen LogP contribution in [0.3, 0.4) is 0 Å². The van der Waals surface area contributed by atoms with Crippen molar-refractivity contribution in [2.24, 2.45) is 0 Å². The average Bonchev–Trinajstić information content (AvgIpc) is 3.48. The van der Waals surface area contributed by atoms with Crippen molar-refractivity contribution in [2.75, 3.05) is 46.1 Å². The molecule has 3 aromatic carbocycles. The van der Waals surface area contributed by atoms with Crippen molar-refractivity contribution in [2.45, 2.75) is 77.7 Å². The lowest BCUT2D eigenvalue weighted by molar-refractivity contribution is -0.148. The molecule has 53 heavy (non-hydrogen) atoms. The minimum atomic E-state index is -1.61. The summed E-state index contributed by atoms with van der Waals surface area (Å²) in [5.74, 6) is -2.06. The maximum Gasteiger partial charge on any atom is 0.410 e. The van der Waals surface area contributed by atoms with Gasteiger partial charge in [0.05, 0.1) is 19.2 Å². The fourth-order valence-electron chi connectivity index (χ4n) is 6.82. The zero-order valence-corrected chi connectivity index (χ0v) is 31.0. The Morgan fingerprint density at radius 2 is 1.66 bits per heavy atom. The van der Waals surface area contributed by atoms with E-state index in [2.05, 4.69) is 4.98 Å². The first-order valence-corrected chi connectivity index (χ1v) is 18.3. The molecule has 0 radical (unpaired) electrons. The zero-order chi connectivity index (χ0) is 38.0. The van der Waals surface area contributed by atoms with Gasteiger partial charge in [-0.2, -0.15) is 0 Å². The number of unbranched alkanes of at least 4 members (excludes halogenated alkanes) is 2. The van der Waals surface area contributed by atoms with Crippen LogP contribution >= 0.6 is 0 Å². The number of carbonyl (C=O) groups is 2. The summed E-state index contributed by atoms with van der Waals surface area (Å²) in [6, 6.07) is 18.2. The lowest BCUT2D eigenvalue weighted by atomic mass is 9.87. The quantitative estimate of drug-likeness (QED) is 0.0812. The molecular formula is C41H50F3N3O6. The fourth-order valence-corrected chi connectivity index (χ4v) is 6.82. The molecule has 0 spiro atoms. The molecular weight excluding hydrogens is 687 g/mol. The number of nitrogens with one attached hydrogen (secondary N) is 1. The number of nitrogens with zero attached hydrogens (tertiary/aromatic N) is 2. The van der Waals surface area contributed by atoms with E-state index >= 15 is 13.2 Å². The number of para-hydroxylation sites is 1. The van der Waals surface area contributed by atoms with Crippen molar-refractivity contribution in [1.82, 2.24) is 14.8 Å². The third-order valence-electron chi connectivity index (χ3n) is 9.24. The van der Waals surface area contributed by atoms with Crippen molar-refractivity contribution in [3.8, 4) is 5.75 Å². The molecule has 9 nitrogen and oxygen atoms in total. The van der Waals surface area contributed by atoms with E-state index in [0.717, 1.165) is 40.6 Å². The monoisotopic (exact) mass is 737 g/mol. The first-order chi connectivity index (χ1) is 25.4.